The van der Waals surface area contributed by atoms with Crippen molar-refractivity contribution in [2.45, 2.75) is 20.3 Å². The Kier molecular flexibility index (Phi) is 2.72. The maximum atomic E-state index is 11.7. The van der Waals surface area contributed by atoms with Crippen LogP contribution in [0.3, 0.4) is 0 Å². The van der Waals surface area contributed by atoms with E-state index in [4.69, 9.17) is 4.52 Å². The highest BCUT2D eigenvalue weighted by molar-refractivity contribution is 6.02. The van der Waals surface area contributed by atoms with Gasteiger partial charge in [-0.1, -0.05) is 12.1 Å². The Bertz CT molecular complexity index is 500. The number of carbonyl (C=O) groups excluding carboxylic acids is 1. The molecule has 2 aromatic rings. The topological polar surface area (TPSA) is 83.8 Å². The van der Waals surface area contributed by atoms with Gasteiger partial charge in [0.05, 0.1) is 6.20 Å². The third kappa shape index (κ3) is 1.95. The van der Waals surface area contributed by atoms with Crippen LogP contribution in [0.25, 0.3) is 0 Å². The van der Waals surface area contributed by atoms with Gasteiger partial charge in [0.1, 0.15) is 11.6 Å². The lowest BCUT2D eigenvalue weighted by Crippen LogP contribution is -2.13. The quantitative estimate of drug-likeness (QED) is 0.821. The number of carbonyl (C=O) groups is 1. The summed E-state index contributed by atoms with van der Waals surface area (Å²) in [5, 5.41) is 12.9. The molecule has 6 heteroatoms. The summed E-state index contributed by atoms with van der Waals surface area (Å²) in [5.41, 5.74) is 1.21. The van der Waals surface area contributed by atoms with E-state index in [-0.39, 0.29) is 11.6 Å². The molecule has 16 heavy (non-hydrogen) atoms. The summed E-state index contributed by atoms with van der Waals surface area (Å²) in [5.74, 6) is 0.898. The lowest BCUT2D eigenvalue weighted by atomic mass is 10.2. The molecule has 2 aromatic heterocycles. The zero-order valence-electron chi connectivity index (χ0n) is 9.07. The van der Waals surface area contributed by atoms with Crippen LogP contribution in [-0.4, -0.2) is 21.3 Å². The number of aromatic nitrogens is 3. The first-order valence-corrected chi connectivity index (χ1v) is 4.97. The zero-order valence-corrected chi connectivity index (χ0v) is 9.07. The van der Waals surface area contributed by atoms with Crippen LogP contribution in [0.1, 0.15) is 28.7 Å². The van der Waals surface area contributed by atoms with Crippen LogP contribution in [0.4, 0.5) is 5.82 Å². The van der Waals surface area contributed by atoms with Crippen LogP contribution in [0.15, 0.2) is 16.8 Å². The van der Waals surface area contributed by atoms with E-state index in [0.29, 0.717) is 11.6 Å². The van der Waals surface area contributed by atoms with Crippen molar-refractivity contribution in [2.24, 2.45) is 0 Å². The molecule has 0 saturated heterocycles. The number of rotatable bonds is 3. The minimum Gasteiger partial charge on any atom is -0.361 e. The number of amides is 1. The predicted octanol–water partition coefficient (Wildman–Crippen LogP) is 1.52. The van der Waals surface area contributed by atoms with Crippen molar-refractivity contribution in [1.29, 1.82) is 0 Å². The van der Waals surface area contributed by atoms with E-state index in [1.807, 2.05) is 6.92 Å². The number of anilines is 1. The fraction of sp³-hybridized carbons (Fsp3) is 0.300. The summed E-state index contributed by atoms with van der Waals surface area (Å²) in [6.45, 7) is 3.72. The summed E-state index contributed by atoms with van der Waals surface area (Å²) < 4.78 is 4.82. The summed E-state index contributed by atoms with van der Waals surface area (Å²) in [6, 6.07) is 1.58. The van der Waals surface area contributed by atoms with Gasteiger partial charge in [0, 0.05) is 11.6 Å². The predicted molar refractivity (Wildman–Crippen MR) is 57.2 cm³/mol. The highest BCUT2D eigenvalue weighted by Gasteiger charge is 2.13. The van der Waals surface area contributed by atoms with E-state index in [9.17, 15) is 4.79 Å². The largest absolute Gasteiger partial charge is 0.361 e. The van der Waals surface area contributed by atoms with Gasteiger partial charge < -0.3 is 9.84 Å². The van der Waals surface area contributed by atoms with Crippen LogP contribution in [0.5, 0.6) is 0 Å². The normalized spacial score (nSPS) is 10.4. The van der Waals surface area contributed by atoms with Crippen molar-refractivity contribution in [1.82, 2.24) is 15.4 Å². The van der Waals surface area contributed by atoms with E-state index in [0.717, 1.165) is 12.0 Å². The van der Waals surface area contributed by atoms with Gasteiger partial charge in [0.15, 0.2) is 5.69 Å². The molecule has 0 aromatic carbocycles. The summed E-state index contributed by atoms with van der Waals surface area (Å²) in [4.78, 5) is 11.7. The molecule has 6 nitrogen and oxygen atoms in total. The SMILES string of the molecule is CCc1cn[nH]c1NC(=O)c1cc(C)on1. The maximum Gasteiger partial charge on any atom is 0.278 e. The Morgan fingerprint density at radius 2 is 2.44 bits per heavy atom. The van der Waals surface area contributed by atoms with Crippen molar-refractivity contribution in [3.8, 4) is 0 Å². The molecule has 2 N–H and O–H groups in total. The first-order chi connectivity index (χ1) is 7.70. The molecular formula is C10H12N4O2. The second-order valence-electron chi connectivity index (χ2n) is 3.40. The molecule has 0 bridgehead atoms. The van der Waals surface area contributed by atoms with Gasteiger partial charge in [0.2, 0.25) is 0 Å². The second kappa shape index (κ2) is 4.18. The third-order valence-electron chi connectivity index (χ3n) is 2.20. The van der Waals surface area contributed by atoms with Crippen LogP contribution in [0, 0.1) is 6.92 Å². The van der Waals surface area contributed by atoms with Gasteiger partial charge in [-0.25, -0.2) is 0 Å². The molecule has 0 aliphatic heterocycles. The van der Waals surface area contributed by atoms with Gasteiger partial charge in [-0.15, -0.1) is 0 Å². The van der Waals surface area contributed by atoms with E-state index in [1.54, 1.807) is 19.2 Å². The monoisotopic (exact) mass is 220 g/mol. The number of hydrogen-bond donors (Lipinski definition) is 2. The highest BCUT2D eigenvalue weighted by Crippen LogP contribution is 2.12. The number of nitrogens with zero attached hydrogens (tertiary/aromatic N) is 2. The van der Waals surface area contributed by atoms with Crippen molar-refractivity contribution in [3.63, 3.8) is 0 Å². The first kappa shape index (κ1) is 10.4. The van der Waals surface area contributed by atoms with E-state index < -0.39 is 0 Å². The number of nitrogens with one attached hydrogen (secondary N) is 2. The van der Waals surface area contributed by atoms with Gasteiger partial charge in [-0.05, 0) is 13.3 Å². The van der Waals surface area contributed by atoms with Crippen LogP contribution in [-0.2, 0) is 6.42 Å². The lowest BCUT2D eigenvalue weighted by molar-refractivity contribution is 0.101. The van der Waals surface area contributed by atoms with Crippen molar-refractivity contribution in [2.75, 3.05) is 5.32 Å². The molecule has 0 spiro atoms. The van der Waals surface area contributed by atoms with Crippen molar-refractivity contribution < 1.29 is 9.32 Å². The summed E-state index contributed by atoms with van der Waals surface area (Å²) in [6.07, 6.45) is 2.48. The van der Waals surface area contributed by atoms with Gasteiger partial charge in [-0.3, -0.25) is 9.89 Å². The van der Waals surface area contributed by atoms with Crippen molar-refractivity contribution >= 4 is 11.7 Å². The summed E-state index contributed by atoms with van der Waals surface area (Å²) in [7, 11) is 0. The summed E-state index contributed by atoms with van der Waals surface area (Å²) >= 11 is 0. The minimum absolute atomic E-state index is 0.258. The molecule has 1 amide bonds. The lowest BCUT2D eigenvalue weighted by Gasteiger charge is -2.01. The molecule has 84 valence electrons. The molecule has 2 heterocycles. The number of aromatic amines is 1. The number of hydrogen-bond acceptors (Lipinski definition) is 4. The maximum absolute atomic E-state index is 11.7. The van der Waals surface area contributed by atoms with Crippen LogP contribution < -0.4 is 5.32 Å². The molecular weight excluding hydrogens is 208 g/mol. The van der Waals surface area contributed by atoms with Crippen LogP contribution in [0.2, 0.25) is 0 Å². The molecule has 0 saturated carbocycles. The average Bonchev–Trinajstić information content (AvgIpc) is 2.86. The van der Waals surface area contributed by atoms with E-state index in [1.165, 1.54) is 0 Å². The Hall–Kier alpha value is -2.11. The molecule has 0 aliphatic rings. The van der Waals surface area contributed by atoms with E-state index in [2.05, 4.69) is 20.7 Å². The minimum atomic E-state index is -0.309. The Morgan fingerprint density at radius 3 is 3.06 bits per heavy atom. The Balaban J connectivity index is 2.13. The number of aryl methyl sites for hydroxylation is 2. The fourth-order valence-corrected chi connectivity index (χ4v) is 1.34. The zero-order chi connectivity index (χ0) is 11.5. The second-order valence-corrected chi connectivity index (χ2v) is 3.40. The standard InChI is InChI=1S/C10H12N4O2/c1-3-7-5-11-13-9(7)12-10(15)8-4-6(2)16-14-8/h4-5H,3H2,1-2H3,(H2,11,12,13,15). The molecule has 0 aliphatic carbocycles. The number of H-pyrrole nitrogens is 1. The third-order valence-corrected chi connectivity index (χ3v) is 2.20. The van der Waals surface area contributed by atoms with E-state index >= 15 is 0 Å². The molecule has 0 fully saturated rings. The first-order valence-electron chi connectivity index (χ1n) is 4.97. The molecule has 0 radical (unpaired) electrons. The fourth-order valence-electron chi connectivity index (χ4n) is 1.34. The Morgan fingerprint density at radius 1 is 1.62 bits per heavy atom. The smallest absolute Gasteiger partial charge is 0.278 e. The highest BCUT2D eigenvalue weighted by atomic mass is 16.5. The van der Waals surface area contributed by atoms with Crippen LogP contribution >= 0.6 is 0 Å². The van der Waals surface area contributed by atoms with Crippen molar-refractivity contribution in [3.05, 3.63) is 29.3 Å². The average molecular weight is 220 g/mol. The molecule has 2 rings (SSSR count). The Labute approximate surface area is 92.0 Å². The van der Waals surface area contributed by atoms with Gasteiger partial charge in [0.25, 0.3) is 5.91 Å². The molecule has 0 atom stereocenters. The van der Waals surface area contributed by atoms with Gasteiger partial charge >= 0.3 is 0 Å². The molecule has 0 unspecified atom stereocenters. The van der Waals surface area contributed by atoms with Gasteiger partial charge in [-0.2, -0.15) is 5.10 Å².